The van der Waals surface area contributed by atoms with Gasteiger partial charge in [0.2, 0.25) is 0 Å². The molecular formula is C17H20FN3O2S. The standard InChI is InChI=1S/C17H20FN3O2S/c1-21(2)10-5-9-19-17(23)15-12(18)6-3-7-13(15)20-16(22)14-8-4-11-24-14/h3-4,6-8,11H,5,9-10H2,1-2H3,(H,19,23)(H,20,22). The van der Waals surface area contributed by atoms with Crippen LogP contribution in [0.15, 0.2) is 35.7 Å². The molecule has 2 amide bonds. The molecule has 2 aromatic rings. The van der Waals surface area contributed by atoms with E-state index in [0.29, 0.717) is 11.4 Å². The summed E-state index contributed by atoms with van der Waals surface area (Å²) in [6, 6.07) is 7.60. The van der Waals surface area contributed by atoms with E-state index in [1.165, 1.54) is 29.5 Å². The number of hydrogen-bond acceptors (Lipinski definition) is 4. The van der Waals surface area contributed by atoms with Gasteiger partial charge in [-0.3, -0.25) is 9.59 Å². The number of nitrogens with one attached hydrogen (secondary N) is 2. The Hall–Kier alpha value is -2.25. The Morgan fingerprint density at radius 3 is 2.62 bits per heavy atom. The van der Waals surface area contributed by atoms with E-state index < -0.39 is 11.7 Å². The molecule has 0 fully saturated rings. The fraction of sp³-hybridized carbons (Fsp3) is 0.294. The van der Waals surface area contributed by atoms with Crippen molar-refractivity contribution in [3.8, 4) is 0 Å². The van der Waals surface area contributed by atoms with Crippen molar-refractivity contribution in [2.75, 3.05) is 32.5 Å². The van der Waals surface area contributed by atoms with Crippen LogP contribution in [0.4, 0.5) is 10.1 Å². The van der Waals surface area contributed by atoms with Gasteiger partial charge in [-0.15, -0.1) is 11.3 Å². The van der Waals surface area contributed by atoms with E-state index in [0.717, 1.165) is 13.0 Å². The highest BCUT2D eigenvalue weighted by molar-refractivity contribution is 7.12. The Kier molecular flexibility index (Phi) is 6.45. The molecular weight excluding hydrogens is 329 g/mol. The van der Waals surface area contributed by atoms with E-state index >= 15 is 0 Å². The SMILES string of the molecule is CN(C)CCCNC(=O)c1c(F)cccc1NC(=O)c1cccs1. The highest BCUT2D eigenvalue weighted by Gasteiger charge is 2.18. The van der Waals surface area contributed by atoms with Crippen LogP contribution in [0.2, 0.25) is 0 Å². The summed E-state index contributed by atoms with van der Waals surface area (Å²) in [5.74, 6) is -1.56. The lowest BCUT2D eigenvalue weighted by Crippen LogP contribution is -2.29. The van der Waals surface area contributed by atoms with Crippen molar-refractivity contribution < 1.29 is 14.0 Å². The molecule has 0 radical (unpaired) electrons. The first-order valence-electron chi connectivity index (χ1n) is 7.55. The first-order chi connectivity index (χ1) is 11.5. The van der Waals surface area contributed by atoms with Gasteiger partial charge in [-0.2, -0.15) is 0 Å². The van der Waals surface area contributed by atoms with Crippen LogP contribution in [-0.2, 0) is 0 Å². The number of carbonyl (C=O) groups excluding carboxylic acids is 2. The summed E-state index contributed by atoms with van der Waals surface area (Å²) in [6.45, 7) is 1.25. The second kappa shape index (κ2) is 8.56. The molecule has 0 spiro atoms. The second-order valence-electron chi connectivity index (χ2n) is 5.51. The lowest BCUT2D eigenvalue weighted by atomic mass is 10.1. The predicted octanol–water partition coefficient (Wildman–Crippen LogP) is 2.82. The third kappa shape index (κ3) is 4.87. The third-order valence-corrected chi connectivity index (χ3v) is 4.17. The molecule has 128 valence electrons. The Morgan fingerprint density at radius 1 is 1.17 bits per heavy atom. The maximum Gasteiger partial charge on any atom is 0.265 e. The molecule has 0 saturated heterocycles. The van der Waals surface area contributed by atoms with Gasteiger partial charge >= 0.3 is 0 Å². The fourth-order valence-electron chi connectivity index (χ4n) is 2.14. The molecule has 0 atom stereocenters. The molecule has 1 heterocycles. The van der Waals surface area contributed by atoms with Crippen LogP contribution in [0.5, 0.6) is 0 Å². The number of halogens is 1. The smallest absolute Gasteiger partial charge is 0.265 e. The zero-order valence-electron chi connectivity index (χ0n) is 13.6. The summed E-state index contributed by atoms with van der Waals surface area (Å²) in [4.78, 5) is 26.9. The summed E-state index contributed by atoms with van der Waals surface area (Å²) < 4.78 is 14.1. The highest BCUT2D eigenvalue weighted by atomic mass is 32.1. The quantitative estimate of drug-likeness (QED) is 0.756. The molecule has 0 aliphatic rings. The van der Waals surface area contributed by atoms with Gasteiger partial charge in [0.1, 0.15) is 5.82 Å². The van der Waals surface area contributed by atoms with Crippen LogP contribution in [0, 0.1) is 5.82 Å². The minimum atomic E-state index is -0.663. The van der Waals surface area contributed by atoms with Gasteiger partial charge in [-0.05, 0) is 50.6 Å². The van der Waals surface area contributed by atoms with E-state index in [-0.39, 0.29) is 17.2 Å². The fourth-order valence-corrected chi connectivity index (χ4v) is 2.76. The number of benzene rings is 1. The maximum absolute atomic E-state index is 14.1. The molecule has 0 aliphatic heterocycles. The van der Waals surface area contributed by atoms with Gasteiger partial charge in [0.15, 0.2) is 0 Å². The first kappa shape index (κ1) is 18.1. The Bertz CT molecular complexity index is 702. The van der Waals surface area contributed by atoms with Crippen molar-refractivity contribution in [3.63, 3.8) is 0 Å². The number of thiophene rings is 1. The van der Waals surface area contributed by atoms with Crippen molar-refractivity contribution in [1.82, 2.24) is 10.2 Å². The largest absolute Gasteiger partial charge is 0.352 e. The Balaban J connectivity index is 2.08. The summed E-state index contributed by atoms with van der Waals surface area (Å²) in [5.41, 5.74) is 0.0192. The van der Waals surface area contributed by atoms with Crippen LogP contribution in [0.25, 0.3) is 0 Å². The summed E-state index contributed by atoms with van der Waals surface area (Å²) in [5, 5.41) is 7.07. The van der Waals surface area contributed by atoms with E-state index in [4.69, 9.17) is 0 Å². The van der Waals surface area contributed by atoms with Gasteiger partial charge in [-0.1, -0.05) is 12.1 Å². The molecule has 0 aliphatic carbocycles. The van der Waals surface area contributed by atoms with Gasteiger partial charge in [0, 0.05) is 6.54 Å². The van der Waals surface area contributed by atoms with Gasteiger partial charge < -0.3 is 15.5 Å². The predicted molar refractivity (Wildman–Crippen MR) is 94.2 cm³/mol. The number of anilines is 1. The molecule has 7 heteroatoms. The summed E-state index contributed by atoms with van der Waals surface area (Å²) in [6.07, 6.45) is 0.754. The van der Waals surface area contributed by atoms with Crippen LogP contribution >= 0.6 is 11.3 Å². The van der Waals surface area contributed by atoms with Crippen LogP contribution in [0.1, 0.15) is 26.5 Å². The number of carbonyl (C=O) groups is 2. The lowest BCUT2D eigenvalue weighted by molar-refractivity contribution is 0.0949. The average molecular weight is 349 g/mol. The maximum atomic E-state index is 14.1. The van der Waals surface area contributed by atoms with Crippen LogP contribution < -0.4 is 10.6 Å². The molecule has 0 unspecified atom stereocenters. The van der Waals surface area contributed by atoms with Gasteiger partial charge in [0.25, 0.3) is 11.8 Å². The zero-order chi connectivity index (χ0) is 17.5. The molecule has 5 nitrogen and oxygen atoms in total. The van der Waals surface area contributed by atoms with Gasteiger partial charge in [0.05, 0.1) is 16.1 Å². The molecule has 1 aromatic carbocycles. The van der Waals surface area contributed by atoms with E-state index in [1.54, 1.807) is 17.5 Å². The number of rotatable bonds is 7. The van der Waals surface area contributed by atoms with Crippen LogP contribution in [-0.4, -0.2) is 43.9 Å². The number of amides is 2. The molecule has 24 heavy (non-hydrogen) atoms. The minimum Gasteiger partial charge on any atom is -0.352 e. The molecule has 1 aromatic heterocycles. The summed E-state index contributed by atoms with van der Waals surface area (Å²) >= 11 is 1.28. The molecule has 0 saturated carbocycles. The van der Waals surface area contributed by atoms with Crippen LogP contribution in [0.3, 0.4) is 0 Å². The topological polar surface area (TPSA) is 61.4 Å². The van der Waals surface area contributed by atoms with Crippen molar-refractivity contribution >= 4 is 28.8 Å². The third-order valence-electron chi connectivity index (χ3n) is 3.30. The van der Waals surface area contributed by atoms with E-state index in [9.17, 15) is 14.0 Å². The highest BCUT2D eigenvalue weighted by Crippen LogP contribution is 2.21. The van der Waals surface area contributed by atoms with Crippen molar-refractivity contribution in [2.24, 2.45) is 0 Å². The lowest BCUT2D eigenvalue weighted by Gasteiger charge is -2.13. The second-order valence-corrected chi connectivity index (χ2v) is 6.45. The van der Waals surface area contributed by atoms with E-state index in [1.807, 2.05) is 19.0 Å². The average Bonchev–Trinajstić information content (AvgIpc) is 3.06. The molecule has 0 bridgehead atoms. The minimum absolute atomic E-state index is 0.146. The Morgan fingerprint density at radius 2 is 1.96 bits per heavy atom. The molecule has 2 N–H and O–H groups in total. The normalized spacial score (nSPS) is 10.7. The van der Waals surface area contributed by atoms with Crippen molar-refractivity contribution in [2.45, 2.75) is 6.42 Å². The first-order valence-corrected chi connectivity index (χ1v) is 8.43. The number of nitrogens with zero attached hydrogens (tertiary/aromatic N) is 1. The zero-order valence-corrected chi connectivity index (χ0v) is 14.5. The number of hydrogen-bond donors (Lipinski definition) is 2. The van der Waals surface area contributed by atoms with Gasteiger partial charge in [-0.25, -0.2) is 4.39 Å². The summed E-state index contributed by atoms with van der Waals surface area (Å²) in [7, 11) is 3.88. The van der Waals surface area contributed by atoms with E-state index in [2.05, 4.69) is 10.6 Å². The Labute approximate surface area is 144 Å². The monoisotopic (exact) mass is 349 g/mol. The molecule has 2 rings (SSSR count). The van der Waals surface area contributed by atoms with Crippen molar-refractivity contribution in [1.29, 1.82) is 0 Å². The van der Waals surface area contributed by atoms with Crippen molar-refractivity contribution in [3.05, 3.63) is 52.0 Å².